The number of aromatic nitrogens is 2. The third-order valence-corrected chi connectivity index (χ3v) is 4.52. The van der Waals surface area contributed by atoms with E-state index in [2.05, 4.69) is 4.98 Å². The largest absolute Gasteiger partial charge is 0.464 e. The maximum Gasteiger partial charge on any atom is 0.358 e. The number of carbonyl (C=O) groups is 1. The lowest BCUT2D eigenvalue weighted by atomic mass is 9.83. The number of fused-ring (bicyclic) bond motifs is 1. The molecule has 0 saturated heterocycles. The zero-order chi connectivity index (χ0) is 16.7. The Balaban J connectivity index is 2.03. The minimum absolute atomic E-state index is 0.00327. The second-order valence-corrected chi connectivity index (χ2v) is 5.69. The maximum atomic E-state index is 14.3. The monoisotopic (exact) mass is 321 g/mol. The van der Waals surface area contributed by atoms with Gasteiger partial charge in [-0.2, -0.15) is 0 Å². The fraction of sp³-hybridized carbons (Fsp3) is 0.375. The van der Waals surface area contributed by atoms with Crippen molar-refractivity contribution in [2.75, 3.05) is 12.8 Å². The van der Waals surface area contributed by atoms with E-state index in [-0.39, 0.29) is 28.9 Å². The first-order chi connectivity index (χ1) is 11.0. The summed E-state index contributed by atoms with van der Waals surface area (Å²) in [5.74, 6) is -2.21. The lowest BCUT2D eigenvalue weighted by Crippen LogP contribution is -2.25. The Morgan fingerprint density at radius 3 is 2.87 bits per heavy atom. The number of hydrogen-bond acceptors (Lipinski definition) is 4. The van der Waals surface area contributed by atoms with Crippen LogP contribution in [0.5, 0.6) is 0 Å². The molecule has 0 unspecified atom stereocenters. The molecule has 2 N–H and O–H groups in total. The highest BCUT2D eigenvalue weighted by molar-refractivity contribution is 5.88. The van der Waals surface area contributed by atoms with E-state index in [1.54, 1.807) is 4.57 Å². The molecule has 3 rings (SSSR count). The fourth-order valence-corrected chi connectivity index (χ4v) is 3.29. The molecule has 2 heterocycles. The van der Waals surface area contributed by atoms with Crippen molar-refractivity contribution in [3.05, 3.63) is 47.0 Å². The molecule has 0 fully saturated rings. The molecule has 2 aromatic rings. The highest BCUT2D eigenvalue weighted by atomic mass is 19.1. The molecule has 23 heavy (non-hydrogen) atoms. The Morgan fingerprint density at radius 2 is 2.17 bits per heavy atom. The third kappa shape index (κ3) is 2.36. The molecule has 1 aliphatic rings. The van der Waals surface area contributed by atoms with Crippen molar-refractivity contribution in [2.45, 2.75) is 31.7 Å². The predicted molar refractivity (Wildman–Crippen MR) is 80.1 cm³/mol. The van der Waals surface area contributed by atoms with E-state index in [9.17, 15) is 13.6 Å². The molecule has 0 saturated carbocycles. The van der Waals surface area contributed by atoms with Crippen LogP contribution in [-0.2, 0) is 11.2 Å². The van der Waals surface area contributed by atoms with Gasteiger partial charge in [-0.3, -0.25) is 0 Å². The van der Waals surface area contributed by atoms with E-state index in [1.165, 1.54) is 25.6 Å². The Bertz CT molecular complexity index is 773. The summed E-state index contributed by atoms with van der Waals surface area (Å²) in [6.07, 6.45) is 2.49. The molecular formula is C16H17F2N3O2. The molecular weight excluding hydrogens is 304 g/mol. The molecule has 0 spiro atoms. The van der Waals surface area contributed by atoms with Crippen LogP contribution in [0, 0.1) is 11.6 Å². The highest BCUT2D eigenvalue weighted by Crippen LogP contribution is 2.41. The number of rotatable bonds is 2. The van der Waals surface area contributed by atoms with Crippen LogP contribution in [0.15, 0.2) is 18.5 Å². The van der Waals surface area contributed by atoms with Crippen LogP contribution in [0.1, 0.15) is 47.1 Å². The summed E-state index contributed by atoms with van der Waals surface area (Å²) in [7, 11) is 1.29. The Hall–Kier alpha value is -2.44. The van der Waals surface area contributed by atoms with E-state index in [0.717, 1.165) is 5.69 Å². The van der Waals surface area contributed by atoms with Gasteiger partial charge in [-0.25, -0.2) is 18.6 Å². The van der Waals surface area contributed by atoms with Crippen LogP contribution in [0.25, 0.3) is 0 Å². The zero-order valence-corrected chi connectivity index (χ0v) is 12.8. The van der Waals surface area contributed by atoms with Crippen LogP contribution < -0.4 is 5.73 Å². The number of carbonyl (C=O) groups excluding carboxylic acids is 1. The van der Waals surface area contributed by atoms with Gasteiger partial charge in [0.25, 0.3) is 0 Å². The molecule has 7 heteroatoms. The molecule has 122 valence electrons. The molecule has 2 atom stereocenters. The summed E-state index contributed by atoms with van der Waals surface area (Å²) in [6, 6.07) is 2.15. The van der Waals surface area contributed by atoms with Gasteiger partial charge in [0, 0.05) is 17.5 Å². The van der Waals surface area contributed by atoms with Gasteiger partial charge < -0.3 is 15.0 Å². The zero-order valence-electron chi connectivity index (χ0n) is 12.8. The topological polar surface area (TPSA) is 70.1 Å². The van der Waals surface area contributed by atoms with E-state index in [4.69, 9.17) is 10.5 Å². The standard InChI is InChI=1S/C16H17F2N3O2/c1-8-9(13-10(17)4-5-11(19)14(13)18)3-6-12-15(16(22)23-2)20-7-21(8)12/h4-5,7-9H,3,6,19H2,1-2H3/t8-,9-/m0/s1. The molecule has 1 aromatic carbocycles. The van der Waals surface area contributed by atoms with E-state index < -0.39 is 17.6 Å². The molecule has 1 aliphatic heterocycles. The van der Waals surface area contributed by atoms with Gasteiger partial charge in [0.15, 0.2) is 11.5 Å². The fourth-order valence-electron chi connectivity index (χ4n) is 3.29. The van der Waals surface area contributed by atoms with Crippen molar-refractivity contribution in [3.8, 4) is 0 Å². The molecule has 0 bridgehead atoms. The van der Waals surface area contributed by atoms with Crippen molar-refractivity contribution < 1.29 is 18.3 Å². The summed E-state index contributed by atoms with van der Waals surface area (Å²) in [4.78, 5) is 15.8. The molecule has 0 aliphatic carbocycles. The number of anilines is 1. The number of esters is 1. The third-order valence-electron chi connectivity index (χ3n) is 4.52. The Morgan fingerprint density at radius 1 is 1.43 bits per heavy atom. The number of halogens is 2. The van der Waals surface area contributed by atoms with Gasteiger partial charge in [0.2, 0.25) is 0 Å². The second-order valence-electron chi connectivity index (χ2n) is 5.69. The first kappa shape index (κ1) is 15.5. The Kier molecular flexibility index (Phi) is 3.79. The van der Waals surface area contributed by atoms with Gasteiger partial charge in [-0.05, 0) is 31.9 Å². The highest BCUT2D eigenvalue weighted by Gasteiger charge is 2.34. The number of methoxy groups -OCH3 is 1. The smallest absolute Gasteiger partial charge is 0.358 e. The summed E-state index contributed by atoms with van der Waals surface area (Å²) in [5, 5.41) is 0. The lowest BCUT2D eigenvalue weighted by Gasteiger charge is -2.32. The van der Waals surface area contributed by atoms with Crippen molar-refractivity contribution in [1.29, 1.82) is 0 Å². The number of hydrogen-bond donors (Lipinski definition) is 1. The lowest BCUT2D eigenvalue weighted by molar-refractivity contribution is 0.0592. The molecule has 0 radical (unpaired) electrons. The van der Waals surface area contributed by atoms with Gasteiger partial charge >= 0.3 is 5.97 Å². The van der Waals surface area contributed by atoms with Crippen molar-refractivity contribution in [1.82, 2.24) is 9.55 Å². The summed E-state index contributed by atoms with van der Waals surface area (Å²) in [5.41, 5.74) is 6.49. The number of benzene rings is 1. The van der Waals surface area contributed by atoms with E-state index in [1.807, 2.05) is 6.92 Å². The summed E-state index contributed by atoms with van der Waals surface area (Å²) in [6.45, 7) is 1.85. The number of ether oxygens (including phenoxy) is 1. The van der Waals surface area contributed by atoms with Crippen LogP contribution in [-0.4, -0.2) is 22.6 Å². The minimum atomic E-state index is -0.710. The molecule has 5 nitrogen and oxygen atoms in total. The van der Waals surface area contributed by atoms with Crippen LogP contribution in [0.4, 0.5) is 14.5 Å². The number of imidazole rings is 1. The average Bonchev–Trinajstić information content (AvgIpc) is 2.97. The van der Waals surface area contributed by atoms with E-state index >= 15 is 0 Å². The van der Waals surface area contributed by atoms with Gasteiger partial charge in [0.05, 0.1) is 24.8 Å². The van der Waals surface area contributed by atoms with Crippen LogP contribution in [0.2, 0.25) is 0 Å². The maximum absolute atomic E-state index is 14.3. The van der Waals surface area contributed by atoms with E-state index in [0.29, 0.717) is 12.8 Å². The average molecular weight is 321 g/mol. The summed E-state index contributed by atoms with van der Waals surface area (Å²) < 4.78 is 35.0. The van der Waals surface area contributed by atoms with Crippen LogP contribution in [0.3, 0.4) is 0 Å². The molecule has 0 amide bonds. The van der Waals surface area contributed by atoms with Gasteiger partial charge in [-0.1, -0.05) is 0 Å². The number of nitrogens with two attached hydrogens (primary N) is 1. The first-order valence-electron chi connectivity index (χ1n) is 7.33. The summed E-state index contributed by atoms with van der Waals surface area (Å²) >= 11 is 0. The van der Waals surface area contributed by atoms with Crippen molar-refractivity contribution in [3.63, 3.8) is 0 Å². The van der Waals surface area contributed by atoms with Gasteiger partial charge in [0.1, 0.15) is 5.82 Å². The Labute approximate surface area is 132 Å². The number of nitrogens with zero attached hydrogens (tertiary/aromatic N) is 2. The predicted octanol–water partition coefficient (Wildman–Crippen LogP) is 2.82. The minimum Gasteiger partial charge on any atom is -0.464 e. The van der Waals surface area contributed by atoms with Crippen LogP contribution >= 0.6 is 0 Å². The second kappa shape index (κ2) is 5.64. The first-order valence-corrected chi connectivity index (χ1v) is 7.33. The van der Waals surface area contributed by atoms with Crippen molar-refractivity contribution >= 4 is 11.7 Å². The number of nitrogen functional groups attached to an aromatic ring is 1. The van der Waals surface area contributed by atoms with Gasteiger partial charge in [-0.15, -0.1) is 0 Å². The quantitative estimate of drug-likeness (QED) is 0.682. The molecule has 1 aromatic heterocycles. The van der Waals surface area contributed by atoms with Crippen molar-refractivity contribution in [2.24, 2.45) is 0 Å². The SMILES string of the molecule is COC(=O)c1ncn2c1CC[C@H](c1c(F)ccc(N)c1F)[C@@H]2C. The normalized spacial score (nSPS) is 20.2.